The van der Waals surface area contributed by atoms with Crippen LogP contribution in [0.2, 0.25) is 0 Å². The zero-order valence-corrected chi connectivity index (χ0v) is 13.6. The van der Waals surface area contributed by atoms with Crippen molar-refractivity contribution in [1.29, 1.82) is 0 Å². The summed E-state index contributed by atoms with van der Waals surface area (Å²) in [6.07, 6.45) is 1.81. The van der Waals surface area contributed by atoms with Gasteiger partial charge in [-0.2, -0.15) is 0 Å². The molecule has 1 saturated carbocycles. The van der Waals surface area contributed by atoms with Gasteiger partial charge in [0.25, 0.3) is 0 Å². The van der Waals surface area contributed by atoms with E-state index >= 15 is 0 Å². The number of phenolic OH excluding ortho intramolecular Hbond substituents is 1. The largest absolute Gasteiger partial charge is 0.507 e. The Hall–Kier alpha value is -1.85. The van der Waals surface area contributed by atoms with Crippen LogP contribution in [0.25, 0.3) is 0 Å². The Morgan fingerprint density at radius 1 is 1.52 bits per heavy atom. The van der Waals surface area contributed by atoms with E-state index in [-0.39, 0.29) is 17.2 Å². The van der Waals surface area contributed by atoms with E-state index in [1.165, 1.54) is 13.2 Å². The molecule has 0 aromatic heterocycles. The summed E-state index contributed by atoms with van der Waals surface area (Å²) in [5.74, 6) is 0.454. The number of aldehydes is 1. The van der Waals surface area contributed by atoms with Crippen molar-refractivity contribution in [3.8, 4) is 11.5 Å². The van der Waals surface area contributed by atoms with Gasteiger partial charge < -0.3 is 20.1 Å². The third kappa shape index (κ3) is 3.57. The molecule has 3 atom stereocenters. The van der Waals surface area contributed by atoms with Gasteiger partial charge in [-0.1, -0.05) is 12.2 Å². The average Bonchev–Trinajstić information content (AvgIpc) is 2.51. The number of hydrogen-bond acceptors (Lipinski definition) is 5. The summed E-state index contributed by atoms with van der Waals surface area (Å²) >= 11 is 0. The fraction of sp³-hybridized carbons (Fsp3) is 0.500. The van der Waals surface area contributed by atoms with Crippen LogP contribution in [0.15, 0.2) is 24.3 Å². The molecule has 0 spiro atoms. The first kappa shape index (κ1) is 17.5. The highest BCUT2D eigenvalue weighted by Gasteiger charge is 2.38. The van der Waals surface area contributed by atoms with Gasteiger partial charge in [-0.05, 0) is 44.2 Å². The van der Waals surface area contributed by atoms with E-state index in [1.807, 2.05) is 0 Å². The second kappa shape index (κ2) is 6.72. The van der Waals surface area contributed by atoms with Gasteiger partial charge in [-0.25, -0.2) is 0 Å². The molecule has 126 valence electrons. The van der Waals surface area contributed by atoms with Crippen molar-refractivity contribution in [2.75, 3.05) is 7.11 Å². The standard InChI is InChI=1S/C18H24O5/c1-11(12-6-7-18(2,22)16(20)9-12)8-14-15(23-3)5-4-13(10-19)17(14)21/h4-5,10,12,16,20-22H,1,6-9H2,2-3H3/t12-,16-,18+/m1/s1. The smallest absolute Gasteiger partial charge is 0.153 e. The van der Waals surface area contributed by atoms with E-state index in [2.05, 4.69) is 6.58 Å². The number of ether oxygens (including phenoxy) is 1. The molecule has 0 aliphatic heterocycles. The van der Waals surface area contributed by atoms with Crippen LogP contribution < -0.4 is 4.74 Å². The van der Waals surface area contributed by atoms with Gasteiger partial charge in [0.2, 0.25) is 0 Å². The third-order valence-corrected chi connectivity index (χ3v) is 4.82. The number of rotatable bonds is 5. The fourth-order valence-corrected chi connectivity index (χ4v) is 3.11. The minimum absolute atomic E-state index is 0.0502. The van der Waals surface area contributed by atoms with Crippen LogP contribution in [0.3, 0.4) is 0 Å². The van der Waals surface area contributed by atoms with Crippen molar-refractivity contribution in [3.05, 3.63) is 35.4 Å². The van der Waals surface area contributed by atoms with E-state index in [1.54, 1.807) is 13.0 Å². The maximum absolute atomic E-state index is 11.0. The summed E-state index contributed by atoms with van der Waals surface area (Å²) < 4.78 is 5.26. The Kier molecular flexibility index (Phi) is 5.12. The molecule has 1 fully saturated rings. The lowest BCUT2D eigenvalue weighted by molar-refractivity contribution is -0.0954. The van der Waals surface area contributed by atoms with Crippen LogP contribution in [-0.4, -0.2) is 40.4 Å². The van der Waals surface area contributed by atoms with Crippen LogP contribution in [0.4, 0.5) is 0 Å². The number of phenols is 1. The highest BCUT2D eigenvalue weighted by atomic mass is 16.5. The van der Waals surface area contributed by atoms with Gasteiger partial charge >= 0.3 is 0 Å². The molecule has 0 saturated heterocycles. The molecule has 0 amide bonds. The monoisotopic (exact) mass is 320 g/mol. The van der Waals surface area contributed by atoms with Gasteiger partial charge in [0.05, 0.1) is 24.4 Å². The molecule has 5 heteroatoms. The zero-order chi connectivity index (χ0) is 17.2. The first-order chi connectivity index (χ1) is 10.8. The molecule has 1 aliphatic rings. The van der Waals surface area contributed by atoms with E-state index < -0.39 is 11.7 Å². The maximum Gasteiger partial charge on any atom is 0.153 e. The molecule has 1 aliphatic carbocycles. The summed E-state index contributed by atoms with van der Waals surface area (Å²) in [7, 11) is 1.50. The quantitative estimate of drug-likeness (QED) is 0.572. The van der Waals surface area contributed by atoms with Gasteiger partial charge in [0.15, 0.2) is 6.29 Å². The molecule has 23 heavy (non-hydrogen) atoms. The highest BCUT2D eigenvalue weighted by Crippen LogP contribution is 2.39. The molecule has 1 aromatic rings. The average molecular weight is 320 g/mol. The maximum atomic E-state index is 11.0. The predicted molar refractivity (Wildman–Crippen MR) is 86.9 cm³/mol. The van der Waals surface area contributed by atoms with Crippen LogP contribution in [0, 0.1) is 5.92 Å². The van der Waals surface area contributed by atoms with E-state index in [9.17, 15) is 20.1 Å². The lowest BCUT2D eigenvalue weighted by atomic mass is 9.74. The first-order valence-corrected chi connectivity index (χ1v) is 7.72. The number of methoxy groups -OCH3 is 1. The van der Waals surface area contributed by atoms with E-state index in [4.69, 9.17) is 4.74 Å². The number of carbonyl (C=O) groups excluding carboxylic acids is 1. The molecule has 3 N–H and O–H groups in total. The second-order valence-electron chi connectivity index (χ2n) is 6.48. The van der Waals surface area contributed by atoms with Crippen molar-refractivity contribution in [1.82, 2.24) is 0 Å². The number of allylic oxidation sites excluding steroid dienone is 1. The van der Waals surface area contributed by atoms with Crippen molar-refractivity contribution < 1.29 is 24.9 Å². The van der Waals surface area contributed by atoms with Crippen LogP contribution in [-0.2, 0) is 6.42 Å². The van der Waals surface area contributed by atoms with Gasteiger partial charge in [0.1, 0.15) is 11.5 Å². The molecular formula is C18H24O5. The van der Waals surface area contributed by atoms with Crippen molar-refractivity contribution in [2.24, 2.45) is 5.92 Å². The summed E-state index contributed by atoms with van der Waals surface area (Å²) in [4.78, 5) is 11.0. The fourth-order valence-electron chi connectivity index (χ4n) is 3.11. The molecule has 2 rings (SSSR count). The normalized spacial score (nSPS) is 27.5. The minimum Gasteiger partial charge on any atom is -0.507 e. The first-order valence-electron chi connectivity index (χ1n) is 7.72. The third-order valence-electron chi connectivity index (χ3n) is 4.82. The van der Waals surface area contributed by atoms with Gasteiger partial charge in [-0.3, -0.25) is 4.79 Å². The summed E-state index contributed by atoms with van der Waals surface area (Å²) in [6.45, 7) is 5.72. The SMILES string of the molecule is C=C(Cc1c(OC)ccc(C=O)c1O)[C@@H]1CC[C@](C)(O)[C@H](O)C1. The van der Waals surface area contributed by atoms with Crippen molar-refractivity contribution >= 4 is 6.29 Å². The summed E-state index contributed by atoms with van der Waals surface area (Å²) in [6, 6.07) is 3.15. The van der Waals surface area contributed by atoms with Crippen LogP contribution in [0.5, 0.6) is 11.5 Å². The molecular weight excluding hydrogens is 296 g/mol. The number of aliphatic hydroxyl groups excluding tert-OH is 1. The number of carbonyl (C=O) groups is 1. The van der Waals surface area contributed by atoms with Gasteiger partial charge in [-0.15, -0.1) is 0 Å². The Bertz CT molecular complexity index is 606. The Morgan fingerprint density at radius 2 is 2.22 bits per heavy atom. The zero-order valence-electron chi connectivity index (χ0n) is 13.6. The second-order valence-corrected chi connectivity index (χ2v) is 6.48. The molecule has 0 heterocycles. The number of aliphatic hydroxyl groups is 2. The predicted octanol–water partition coefficient (Wildman–Crippen LogP) is 2.22. The lowest BCUT2D eigenvalue weighted by Crippen LogP contribution is -2.44. The molecule has 0 unspecified atom stereocenters. The lowest BCUT2D eigenvalue weighted by Gasteiger charge is -2.38. The number of benzene rings is 1. The van der Waals surface area contributed by atoms with Gasteiger partial charge in [0, 0.05) is 12.0 Å². The van der Waals surface area contributed by atoms with E-state index in [0.717, 1.165) is 12.0 Å². The van der Waals surface area contributed by atoms with E-state index in [0.29, 0.717) is 36.9 Å². The highest BCUT2D eigenvalue weighted by molar-refractivity contribution is 5.81. The molecule has 0 radical (unpaired) electrons. The Morgan fingerprint density at radius 3 is 2.78 bits per heavy atom. The van der Waals surface area contributed by atoms with Crippen LogP contribution in [0.1, 0.15) is 42.1 Å². The molecule has 1 aromatic carbocycles. The summed E-state index contributed by atoms with van der Waals surface area (Å²) in [5.41, 5.74) is 0.513. The van der Waals surface area contributed by atoms with Crippen molar-refractivity contribution in [2.45, 2.75) is 44.3 Å². The number of aromatic hydroxyl groups is 1. The Labute approximate surface area is 136 Å². The van der Waals surface area contributed by atoms with Crippen molar-refractivity contribution in [3.63, 3.8) is 0 Å². The number of hydrogen-bond donors (Lipinski definition) is 3. The summed E-state index contributed by atoms with van der Waals surface area (Å²) in [5, 5.41) is 30.3. The molecule has 0 bridgehead atoms. The minimum atomic E-state index is -1.06. The molecule has 5 nitrogen and oxygen atoms in total. The Balaban J connectivity index is 2.19. The van der Waals surface area contributed by atoms with Crippen LogP contribution >= 0.6 is 0 Å². The topological polar surface area (TPSA) is 87.0 Å².